The molecule has 18 heavy (non-hydrogen) atoms. The van der Waals surface area contributed by atoms with Crippen LogP contribution in [-0.2, 0) is 4.79 Å². The highest BCUT2D eigenvalue weighted by Crippen LogP contribution is 2.33. The summed E-state index contributed by atoms with van der Waals surface area (Å²) in [5, 5.41) is 0. The van der Waals surface area contributed by atoms with E-state index in [1.165, 1.54) is 0 Å². The van der Waals surface area contributed by atoms with Gasteiger partial charge < -0.3 is 16.4 Å². The van der Waals surface area contributed by atoms with Gasteiger partial charge in [0.25, 0.3) is 0 Å². The van der Waals surface area contributed by atoms with Crippen LogP contribution in [0.15, 0.2) is 6.07 Å². The standard InChI is InChI=1S/C11H14F2N4O/c1-11(10(15)18)2-3-17(5-11)9-7(13)4-6(12)8(14)16-9/h4H,2-3,5H2,1H3,(H2,14,16)(H2,15,18). The topological polar surface area (TPSA) is 85.2 Å². The number of pyridine rings is 1. The molecule has 1 atom stereocenters. The third-order valence-electron chi connectivity index (χ3n) is 3.31. The third-order valence-corrected chi connectivity index (χ3v) is 3.31. The van der Waals surface area contributed by atoms with Gasteiger partial charge in [-0.1, -0.05) is 0 Å². The molecular weight excluding hydrogens is 242 g/mol. The van der Waals surface area contributed by atoms with E-state index in [1.807, 2.05) is 0 Å². The van der Waals surface area contributed by atoms with Gasteiger partial charge >= 0.3 is 0 Å². The highest BCUT2D eigenvalue weighted by atomic mass is 19.1. The quantitative estimate of drug-likeness (QED) is 0.813. The number of carbonyl (C=O) groups excluding carboxylic acids is 1. The van der Waals surface area contributed by atoms with Crippen LogP contribution in [-0.4, -0.2) is 24.0 Å². The summed E-state index contributed by atoms with van der Waals surface area (Å²) in [6.07, 6.45) is 0.501. The summed E-state index contributed by atoms with van der Waals surface area (Å²) < 4.78 is 26.6. The molecular formula is C11H14F2N4O. The Bertz CT molecular complexity index is 508. The lowest BCUT2D eigenvalue weighted by atomic mass is 9.89. The van der Waals surface area contributed by atoms with Crippen molar-refractivity contribution in [1.82, 2.24) is 4.98 Å². The molecule has 4 N–H and O–H groups in total. The number of hydrogen-bond acceptors (Lipinski definition) is 4. The van der Waals surface area contributed by atoms with Crippen molar-refractivity contribution in [2.24, 2.45) is 11.1 Å². The number of nitrogen functional groups attached to an aromatic ring is 1. The molecule has 1 aliphatic rings. The molecule has 1 fully saturated rings. The number of amides is 1. The highest BCUT2D eigenvalue weighted by molar-refractivity contribution is 5.82. The minimum Gasteiger partial charge on any atom is -0.381 e. The number of nitrogens with zero attached hydrogens (tertiary/aromatic N) is 2. The second-order valence-electron chi connectivity index (χ2n) is 4.76. The number of halogens is 2. The molecule has 0 spiro atoms. The molecule has 0 saturated carbocycles. The van der Waals surface area contributed by atoms with E-state index in [9.17, 15) is 13.6 Å². The second kappa shape index (κ2) is 4.08. The maximum Gasteiger partial charge on any atom is 0.225 e. The van der Waals surface area contributed by atoms with Crippen LogP contribution in [0.1, 0.15) is 13.3 Å². The molecule has 1 saturated heterocycles. The third kappa shape index (κ3) is 1.96. The van der Waals surface area contributed by atoms with E-state index in [1.54, 1.807) is 11.8 Å². The van der Waals surface area contributed by atoms with Crippen molar-refractivity contribution >= 4 is 17.5 Å². The van der Waals surface area contributed by atoms with E-state index in [4.69, 9.17) is 11.5 Å². The number of rotatable bonds is 2. The monoisotopic (exact) mass is 256 g/mol. The fourth-order valence-electron chi connectivity index (χ4n) is 2.04. The normalized spacial score (nSPS) is 23.4. The first kappa shape index (κ1) is 12.5. The summed E-state index contributed by atoms with van der Waals surface area (Å²) in [6.45, 7) is 2.38. The van der Waals surface area contributed by atoms with E-state index in [2.05, 4.69) is 4.98 Å². The minimum absolute atomic E-state index is 0.0427. The fraction of sp³-hybridized carbons (Fsp3) is 0.455. The summed E-state index contributed by atoms with van der Waals surface area (Å²) in [6, 6.07) is 0.692. The number of primary amides is 1. The van der Waals surface area contributed by atoms with Crippen LogP contribution < -0.4 is 16.4 Å². The van der Waals surface area contributed by atoms with Crippen molar-refractivity contribution in [3.8, 4) is 0 Å². The van der Waals surface area contributed by atoms with Crippen molar-refractivity contribution in [2.75, 3.05) is 23.7 Å². The summed E-state index contributed by atoms with van der Waals surface area (Å²) >= 11 is 0. The van der Waals surface area contributed by atoms with Crippen LogP contribution >= 0.6 is 0 Å². The molecule has 1 amide bonds. The number of nitrogens with two attached hydrogens (primary N) is 2. The molecule has 1 aromatic heterocycles. The van der Waals surface area contributed by atoms with Crippen LogP contribution in [0, 0.1) is 17.0 Å². The number of aromatic nitrogens is 1. The average molecular weight is 256 g/mol. The number of carbonyl (C=O) groups is 1. The van der Waals surface area contributed by atoms with Gasteiger partial charge in [0.2, 0.25) is 5.91 Å². The largest absolute Gasteiger partial charge is 0.381 e. The average Bonchev–Trinajstić information content (AvgIpc) is 2.68. The van der Waals surface area contributed by atoms with Gasteiger partial charge in [0.1, 0.15) is 0 Å². The predicted molar refractivity (Wildman–Crippen MR) is 62.7 cm³/mol. The molecule has 98 valence electrons. The smallest absolute Gasteiger partial charge is 0.225 e. The van der Waals surface area contributed by atoms with E-state index in [0.29, 0.717) is 19.0 Å². The molecule has 7 heteroatoms. The van der Waals surface area contributed by atoms with E-state index < -0.39 is 23.0 Å². The molecule has 2 heterocycles. The van der Waals surface area contributed by atoms with E-state index in [-0.39, 0.29) is 18.2 Å². The van der Waals surface area contributed by atoms with Crippen molar-refractivity contribution in [3.05, 3.63) is 17.7 Å². The Kier molecular flexibility index (Phi) is 2.84. The van der Waals surface area contributed by atoms with Gasteiger partial charge in [0.05, 0.1) is 5.41 Å². The lowest BCUT2D eigenvalue weighted by Crippen LogP contribution is -2.37. The lowest BCUT2D eigenvalue weighted by molar-refractivity contribution is -0.125. The van der Waals surface area contributed by atoms with Gasteiger partial charge in [-0.15, -0.1) is 0 Å². The van der Waals surface area contributed by atoms with Crippen molar-refractivity contribution in [2.45, 2.75) is 13.3 Å². The van der Waals surface area contributed by atoms with Gasteiger partial charge in [-0.25, -0.2) is 13.8 Å². The molecule has 1 aliphatic heterocycles. The van der Waals surface area contributed by atoms with Gasteiger partial charge in [-0.2, -0.15) is 0 Å². The Balaban J connectivity index is 2.30. The second-order valence-corrected chi connectivity index (χ2v) is 4.76. The molecule has 1 unspecified atom stereocenters. The van der Waals surface area contributed by atoms with Gasteiger partial charge in [-0.3, -0.25) is 4.79 Å². The Morgan fingerprint density at radius 3 is 2.72 bits per heavy atom. The first-order chi connectivity index (χ1) is 8.33. The van der Waals surface area contributed by atoms with E-state index >= 15 is 0 Å². The van der Waals surface area contributed by atoms with E-state index in [0.717, 1.165) is 0 Å². The summed E-state index contributed by atoms with van der Waals surface area (Å²) in [4.78, 5) is 16.5. The highest BCUT2D eigenvalue weighted by Gasteiger charge is 2.40. The predicted octanol–water partition coefficient (Wildman–Crippen LogP) is 0.644. The first-order valence-electron chi connectivity index (χ1n) is 5.50. The van der Waals surface area contributed by atoms with Crippen molar-refractivity contribution in [3.63, 3.8) is 0 Å². The van der Waals surface area contributed by atoms with Crippen LogP contribution in [0.2, 0.25) is 0 Å². The molecule has 0 aromatic carbocycles. The van der Waals surface area contributed by atoms with Crippen LogP contribution in [0.4, 0.5) is 20.4 Å². The van der Waals surface area contributed by atoms with Crippen molar-refractivity contribution in [1.29, 1.82) is 0 Å². The maximum absolute atomic E-state index is 13.6. The molecule has 5 nitrogen and oxygen atoms in total. The Morgan fingerprint density at radius 1 is 1.50 bits per heavy atom. The minimum atomic E-state index is -0.895. The SMILES string of the molecule is CC1(C(N)=O)CCN(c2nc(N)c(F)cc2F)C1. The first-order valence-corrected chi connectivity index (χ1v) is 5.50. The van der Waals surface area contributed by atoms with Gasteiger partial charge in [0.15, 0.2) is 23.3 Å². The zero-order valence-electron chi connectivity index (χ0n) is 9.91. The number of hydrogen-bond donors (Lipinski definition) is 2. The van der Waals surface area contributed by atoms with Crippen LogP contribution in [0.5, 0.6) is 0 Å². The van der Waals surface area contributed by atoms with Gasteiger partial charge in [0, 0.05) is 19.2 Å². The van der Waals surface area contributed by atoms with Crippen molar-refractivity contribution < 1.29 is 13.6 Å². The van der Waals surface area contributed by atoms with Crippen LogP contribution in [0.25, 0.3) is 0 Å². The molecule has 0 aliphatic carbocycles. The Morgan fingerprint density at radius 2 is 2.17 bits per heavy atom. The maximum atomic E-state index is 13.6. The summed E-state index contributed by atoms with van der Waals surface area (Å²) in [5.74, 6) is -2.54. The summed E-state index contributed by atoms with van der Waals surface area (Å²) in [7, 11) is 0. The van der Waals surface area contributed by atoms with Crippen LogP contribution in [0.3, 0.4) is 0 Å². The fourth-order valence-corrected chi connectivity index (χ4v) is 2.04. The number of anilines is 2. The molecule has 1 aromatic rings. The Hall–Kier alpha value is -1.92. The summed E-state index contributed by atoms with van der Waals surface area (Å²) in [5.41, 5.74) is 9.89. The molecule has 2 rings (SSSR count). The van der Waals surface area contributed by atoms with Gasteiger partial charge in [-0.05, 0) is 13.3 Å². The lowest BCUT2D eigenvalue weighted by Gasteiger charge is -2.22. The molecule has 0 radical (unpaired) electrons. The Labute approximate surface area is 103 Å². The zero-order valence-corrected chi connectivity index (χ0v) is 9.91. The zero-order chi connectivity index (χ0) is 13.5. The molecule has 0 bridgehead atoms.